The molecule has 3 atom stereocenters. The van der Waals surface area contributed by atoms with Crippen molar-refractivity contribution < 1.29 is 31.5 Å². The Balaban J connectivity index is 1.56. The molecule has 6 nitrogen and oxygen atoms in total. The number of rotatable bonds is 7. The van der Waals surface area contributed by atoms with Gasteiger partial charge in [-0.05, 0) is 74.3 Å². The number of thioether (sulfide) groups is 1. The first-order valence-electron chi connectivity index (χ1n) is 11.8. The normalized spacial score (nSPS) is 26.8. The van der Waals surface area contributed by atoms with E-state index in [1.807, 2.05) is 0 Å². The number of hydrogen-bond acceptors (Lipinski definition) is 6. The number of carbonyl (C=O) groups is 1. The first-order valence-corrected chi connectivity index (χ1v) is 14.6. The highest BCUT2D eigenvalue weighted by Gasteiger charge is 2.61. The highest BCUT2D eigenvalue weighted by Crippen LogP contribution is 2.56. The zero-order chi connectivity index (χ0) is 25.7. The second kappa shape index (κ2) is 9.45. The van der Waals surface area contributed by atoms with Crippen LogP contribution >= 0.6 is 23.4 Å². The van der Waals surface area contributed by atoms with Gasteiger partial charge in [-0.25, -0.2) is 17.2 Å². The second-order valence-corrected chi connectivity index (χ2v) is 13.6. The molecular formula is C25H26ClF2NO5S2. The minimum absolute atomic E-state index is 0.0365. The number of sulfone groups is 1. The molecule has 2 heterocycles. The molecule has 5 rings (SSSR count). The summed E-state index contributed by atoms with van der Waals surface area (Å²) in [6.07, 6.45) is 2.06. The van der Waals surface area contributed by atoms with Crippen LogP contribution in [-0.4, -0.2) is 44.1 Å². The van der Waals surface area contributed by atoms with Gasteiger partial charge < -0.3 is 15.2 Å². The number of hydrogen-bond donors (Lipinski definition) is 1. The molecule has 0 unspecified atom stereocenters. The van der Waals surface area contributed by atoms with Crippen molar-refractivity contribution in [1.29, 1.82) is 0 Å². The highest BCUT2D eigenvalue weighted by molar-refractivity contribution is 8.01. The van der Waals surface area contributed by atoms with E-state index in [1.165, 1.54) is 36.0 Å². The summed E-state index contributed by atoms with van der Waals surface area (Å²) in [4.78, 5) is 11.9. The minimum atomic E-state index is -4.25. The van der Waals surface area contributed by atoms with Gasteiger partial charge in [-0.1, -0.05) is 11.6 Å². The maximum absolute atomic E-state index is 15.4. The van der Waals surface area contributed by atoms with Crippen molar-refractivity contribution in [3.8, 4) is 5.75 Å². The molecular weight excluding hydrogens is 532 g/mol. The molecule has 3 aliphatic rings. The SMILES string of the molecule is NC(=O)C1(SCC[C@@H]2OCC[C@@]3(S(=O)(=O)c4ccc(Cl)cc4)c4c(F)ccc(F)c4OC[C@@H]23)CCC1. The highest BCUT2D eigenvalue weighted by atomic mass is 35.5. The summed E-state index contributed by atoms with van der Waals surface area (Å²) in [7, 11) is -4.25. The Bertz CT molecular complexity index is 1290. The molecule has 2 aliphatic heterocycles. The molecule has 2 aromatic rings. The molecule has 194 valence electrons. The van der Waals surface area contributed by atoms with E-state index < -0.39 is 43.0 Å². The van der Waals surface area contributed by atoms with E-state index in [2.05, 4.69) is 0 Å². The lowest BCUT2D eigenvalue weighted by atomic mass is 9.75. The van der Waals surface area contributed by atoms with Crippen LogP contribution in [-0.2, 0) is 24.1 Å². The average Bonchev–Trinajstić information content (AvgIpc) is 2.82. The minimum Gasteiger partial charge on any atom is -0.490 e. The van der Waals surface area contributed by atoms with Crippen molar-refractivity contribution >= 4 is 39.1 Å². The van der Waals surface area contributed by atoms with E-state index in [0.29, 0.717) is 30.0 Å². The van der Waals surface area contributed by atoms with Crippen LogP contribution in [0.25, 0.3) is 0 Å². The zero-order valence-electron chi connectivity index (χ0n) is 19.3. The summed E-state index contributed by atoms with van der Waals surface area (Å²) in [6.45, 7) is -0.120. The van der Waals surface area contributed by atoms with Crippen LogP contribution in [0.1, 0.15) is 37.7 Å². The molecule has 1 amide bonds. The van der Waals surface area contributed by atoms with E-state index in [4.69, 9.17) is 26.8 Å². The van der Waals surface area contributed by atoms with E-state index >= 15 is 4.39 Å². The summed E-state index contributed by atoms with van der Waals surface area (Å²) in [5.74, 6) is -2.69. The van der Waals surface area contributed by atoms with Crippen LogP contribution < -0.4 is 10.5 Å². The van der Waals surface area contributed by atoms with Crippen molar-refractivity contribution in [2.45, 2.75) is 52.6 Å². The number of carbonyl (C=O) groups excluding carboxylic acids is 1. The van der Waals surface area contributed by atoms with E-state index in [1.54, 1.807) is 0 Å². The molecule has 1 saturated heterocycles. The molecule has 0 radical (unpaired) electrons. The van der Waals surface area contributed by atoms with E-state index in [9.17, 15) is 17.6 Å². The molecule has 0 bridgehead atoms. The summed E-state index contributed by atoms with van der Waals surface area (Å²) < 4.78 is 68.1. The van der Waals surface area contributed by atoms with Gasteiger partial charge in [0.1, 0.15) is 10.6 Å². The van der Waals surface area contributed by atoms with Crippen LogP contribution in [0.15, 0.2) is 41.3 Å². The van der Waals surface area contributed by atoms with E-state index in [0.717, 1.165) is 18.6 Å². The number of halogens is 3. The Labute approximate surface area is 217 Å². The van der Waals surface area contributed by atoms with Crippen molar-refractivity contribution in [1.82, 2.24) is 0 Å². The number of amides is 1. The third-order valence-electron chi connectivity index (χ3n) is 7.74. The fraction of sp³-hybridized carbons (Fsp3) is 0.480. The third kappa shape index (κ3) is 3.92. The van der Waals surface area contributed by atoms with E-state index in [-0.39, 0.29) is 41.8 Å². The largest absolute Gasteiger partial charge is 0.490 e. The quantitative estimate of drug-likeness (QED) is 0.534. The van der Waals surface area contributed by atoms with Gasteiger partial charge in [0.2, 0.25) is 5.91 Å². The van der Waals surface area contributed by atoms with Gasteiger partial charge in [0, 0.05) is 17.5 Å². The van der Waals surface area contributed by atoms with Gasteiger partial charge >= 0.3 is 0 Å². The predicted molar refractivity (Wildman–Crippen MR) is 133 cm³/mol. The van der Waals surface area contributed by atoms with Crippen LogP contribution in [0, 0.1) is 17.6 Å². The van der Waals surface area contributed by atoms with Crippen molar-refractivity contribution in [3.63, 3.8) is 0 Å². The maximum Gasteiger partial charge on any atom is 0.233 e. The van der Waals surface area contributed by atoms with Gasteiger partial charge in [0.25, 0.3) is 0 Å². The molecule has 1 saturated carbocycles. The Hall–Kier alpha value is -1.88. The Kier molecular flexibility index (Phi) is 6.76. The molecule has 0 spiro atoms. The van der Waals surface area contributed by atoms with Gasteiger partial charge in [0.15, 0.2) is 21.4 Å². The van der Waals surface area contributed by atoms with Gasteiger partial charge in [0.05, 0.1) is 27.9 Å². The van der Waals surface area contributed by atoms with Crippen LogP contribution in [0.5, 0.6) is 5.75 Å². The Morgan fingerprint density at radius 3 is 2.44 bits per heavy atom. The average molecular weight is 558 g/mol. The van der Waals surface area contributed by atoms with Gasteiger partial charge in [-0.3, -0.25) is 4.79 Å². The van der Waals surface area contributed by atoms with Crippen molar-refractivity contribution in [2.75, 3.05) is 19.0 Å². The molecule has 2 aromatic carbocycles. The van der Waals surface area contributed by atoms with Crippen LogP contribution in [0.2, 0.25) is 5.02 Å². The number of benzene rings is 2. The first-order chi connectivity index (χ1) is 17.1. The molecule has 36 heavy (non-hydrogen) atoms. The van der Waals surface area contributed by atoms with Gasteiger partial charge in [-0.2, -0.15) is 0 Å². The number of fused-ring (bicyclic) bond motifs is 3. The Morgan fingerprint density at radius 1 is 1.11 bits per heavy atom. The standard InChI is InChI=1S/C25H26ClF2NO5S2/c26-15-2-4-16(5-3-15)36(31,32)25-11-12-33-20(8-13-35-24(23(29)30)9-1-10-24)17(25)14-34-22-19(28)7-6-18(27)21(22)25/h2-7,17,20H,1,8-14H2,(H2,29,30)/t17-,20-,25-/m0/s1. The Morgan fingerprint density at radius 2 is 1.81 bits per heavy atom. The zero-order valence-corrected chi connectivity index (χ0v) is 21.7. The summed E-state index contributed by atoms with van der Waals surface area (Å²) in [5, 5.41) is 0.355. The van der Waals surface area contributed by atoms with Crippen LogP contribution in [0.4, 0.5) is 8.78 Å². The maximum atomic E-state index is 15.4. The fourth-order valence-electron chi connectivity index (χ4n) is 5.66. The summed E-state index contributed by atoms with van der Waals surface area (Å²) >= 11 is 7.44. The lowest BCUT2D eigenvalue weighted by molar-refractivity contribution is -0.122. The van der Waals surface area contributed by atoms with Gasteiger partial charge in [-0.15, -0.1) is 11.8 Å². The lowest BCUT2D eigenvalue weighted by Gasteiger charge is -2.50. The molecule has 0 aromatic heterocycles. The lowest BCUT2D eigenvalue weighted by Crippen LogP contribution is -2.57. The smallest absolute Gasteiger partial charge is 0.233 e. The van der Waals surface area contributed by atoms with Crippen molar-refractivity contribution in [3.05, 3.63) is 58.6 Å². The third-order valence-corrected chi connectivity index (χ3v) is 12.2. The molecule has 1 aliphatic carbocycles. The predicted octanol–water partition coefficient (Wildman–Crippen LogP) is 4.62. The topological polar surface area (TPSA) is 95.7 Å². The second-order valence-electron chi connectivity index (χ2n) is 9.51. The first kappa shape index (κ1) is 25.8. The van der Waals surface area contributed by atoms with Crippen molar-refractivity contribution in [2.24, 2.45) is 11.7 Å². The number of ether oxygens (including phenoxy) is 2. The number of nitrogens with two attached hydrogens (primary N) is 1. The van der Waals surface area contributed by atoms with Crippen LogP contribution in [0.3, 0.4) is 0 Å². The monoisotopic (exact) mass is 557 g/mol. The fourth-order valence-corrected chi connectivity index (χ4v) is 9.60. The molecule has 2 N–H and O–H groups in total. The molecule has 11 heteroatoms. The summed E-state index contributed by atoms with van der Waals surface area (Å²) in [6, 6.07) is 7.54. The number of primary amides is 1. The summed E-state index contributed by atoms with van der Waals surface area (Å²) in [5.41, 5.74) is 5.33. The molecule has 2 fully saturated rings.